The van der Waals surface area contributed by atoms with Crippen molar-refractivity contribution in [3.8, 4) is 5.75 Å². The Bertz CT molecular complexity index is 1150. The molecule has 3 aromatic rings. The van der Waals surface area contributed by atoms with Gasteiger partial charge < -0.3 is 10.1 Å². The smallest absolute Gasteiger partial charge is 0.243 e. The van der Waals surface area contributed by atoms with E-state index < -0.39 is 15.9 Å². The fourth-order valence-corrected chi connectivity index (χ4v) is 4.01. The second-order valence-corrected chi connectivity index (χ2v) is 9.45. The first-order valence-electron chi connectivity index (χ1n) is 10.00. The molecule has 0 fully saturated rings. The van der Waals surface area contributed by atoms with Gasteiger partial charge >= 0.3 is 0 Å². The Morgan fingerprint density at radius 3 is 2.16 bits per heavy atom. The summed E-state index contributed by atoms with van der Waals surface area (Å²) >= 11 is 0. The zero-order chi connectivity index (χ0) is 23.1. The predicted octanol–water partition coefficient (Wildman–Crippen LogP) is 3.65. The Labute approximate surface area is 187 Å². The summed E-state index contributed by atoms with van der Waals surface area (Å²) in [5, 5.41) is 2.72. The highest BCUT2D eigenvalue weighted by Crippen LogP contribution is 2.16. The molecule has 0 aliphatic carbocycles. The van der Waals surface area contributed by atoms with Gasteiger partial charge in [0.2, 0.25) is 15.9 Å². The number of hydrogen-bond donors (Lipinski definition) is 1. The lowest BCUT2D eigenvalue weighted by molar-refractivity contribution is -0.121. The van der Waals surface area contributed by atoms with Crippen LogP contribution in [0.15, 0.2) is 77.7 Å². The molecular weight excluding hydrogens is 431 g/mol. The van der Waals surface area contributed by atoms with Crippen LogP contribution in [0.3, 0.4) is 0 Å². The number of carbonyl (C=O) groups is 1. The van der Waals surface area contributed by atoms with Gasteiger partial charge in [0.1, 0.15) is 18.2 Å². The van der Waals surface area contributed by atoms with E-state index in [0.717, 1.165) is 21.0 Å². The molecule has 1 amide bonds. The molecule has 0 saturated heterocycles. The molecule has 0 heterocycles. The van der Waals surface area contributed by atoms with Gasteiger partial charge in [0, 0.05) is 13.6 Å². The van der Waals surface area contributed by atoms with E-state index >= 15 is 0 Å². The minimum absolute atomic E-state index is 0.148. The Balaban J connectivity index is 1.47. The van der Waals surface area contributed by atoms with Crippen molar-refractivity contribution in [1.29, 1.82) is 0 Å². The summed E-state index contributed by atoms with van der Waals surface area (Å²) in [6, 6.07) is 19.8. The molecular formula is C24H25FN2O4S. The van der Waals surface area contributed by atoms with Crippen molar-refractivity contribution in [2.75, 3.05) is 13.6 Å². The molecule has 3 aromatic carbocycles. The van der Waals surface area contributed by atoms with E-state index in [2.05, 4.69) is 5.32 Å². The Kier molecular flexibility index (Phi) is 7.61. The molecule has 6 nitrogen and oxygen atoms in total. The maximum Gasteiger partial charge on any atom is 0.243 e. The zero-order valence-corrected chi connectivity index (χ0v) is 18.7. The lowest BCUT2D eigenvalue weighted by Crippen LogP contribution is -2.38. The second-order valence-electron chi connectivity index (χ2n) is 7.41. The largest absolute Gasteiger partial charge is 0.489 e. The van der Waals surface area contributed by atoms with Crippen LogP contribution in [0.25, 0.3) is 0 Å². The number of halogens is 1. The summed E-state index contributed by atoms with van der Waals surface area (Å²) < 4.78 is 44.8. The van der Waals surface area contributed by atoms with Crippen molar-refractivity contribution in [2.45, 2.75) is 25.0 Å². The van der Waals surface area contributed by atoms with Crippen LogP contribution < -0.4 is 10.1 Å². The number of nitrogens with zero attached hydrogens (tertiary/aromatic N) is 1. The number of nitrogens with one attached hydrogen (secondary N) is 1. The molecule has 32 heavy (non-hydrogen) atoms. The average molecular weight is 457 g/mol. The minimum Gasteiger partial charge on any atom is -0.489 e. The van der Waals surface area contributed by atoms with E-state index in [1.165, 1.54) is 31.3 Å². The zero-order valence-electron chi connectivity index (χ0n) is 17.9. The first kappa shape index (κ1) is 23.4. The van der Waals surface area contributed by atoms with E-state index in [4.69, 9.17) is 4.74 Å². The van der Waals surface area contributed by atoms with Crippen LogP contribution in [0, 0.1) is 12.7 Å². The Morgan fingerprint density at radius 2 is 1.53 bits per heavy atom. The third-order valence-corrected chi connectivity index (χ3v) is 6.64. The number of carbonyl (C=O) groups excluding carboxylic acids is 1. The van der Waals surface area contributed by atoms with Crippen LogP contribution in [0.2, 0.25) is 0 Å². The summed E-state index contributed by atoms with van der Waals surface area (Å²) in [5.41, 5.74) is 2.65. The number of ether oxygens (including phenoxy) is 1. The molecule has 0 aliphatic heterocycles. The van der Waals surface area contributed by atoms with E-state index in [1.54, 1.807) is 36.4 Å². The molecule has 0 unspecified atom stereocenters. The molecule has 0 atom stereocenters. The van der Waals surface area contributed by atoms with Crippen LogP contribution in [0.5, 0.6) is 5.75 Å². The first-order chi connectivity index (χ1) is 15.2. The van der Waals surface area contributed by atoms with Gasteiger partial charge in [-0.2, -0.15) is 4.31 Å². The quantitative estimate of drug-likeness (QED) is 0.533. The number of likely N-dealkylation sites (N-methyl/N-ethyl adjacent to an activating group) is 1. The third kappa shape index (κ3) is 6.38. The van der Waals surface area contributed by atoms with Crippen LogP contribution in [-0.4, -0.2) is 32.2 Å². The molecule has 168 valence electrons. The lowest BCUT2D eigenvalue weighted by atomic mass is 10.2. The molecule has 0 aliphatic rings. The van der Waals surface area contributed by atoms with Gasteiger partial charge in [-0.05, 0) is 54.4 Å². The topological polar surface area (TPSA) is 75.7 Å². The van der Waals surface area contributed by atoms with Gasteiger partial charge in [-0.25, -0.2) is 12.8 Å². The maximum absolute atomic E-state index is 12.9. The van der Waals surface area contributed by atoms with Gasteiger partial charge in [-0.1, -0.05) is 42.0 Å². The Hall–Kier alpha value is -3.23. The van der Waals surface area contributed by atoms with Gasteiger partial charge in [0.15, 0.2) is 0 Å². The van der Waals surface area contributed by atoms with Crippen LogP contribution >= 0.6 is 0 Å². The highest BCUT2D eigenvalue weighted by molar-refractivity contribution is 7.89. The fourth-order valence-electron chi connectivity index (χ4n) is 2.88. The van der Waals surface area contributed by atoms with Gasteiger partial charge in [-0.15, -0.1) is 0 Å². The second kappa shape index (κ2) is 10.4. The number of benzene rings is 3. The van der Waals surface area contributed by atoms with E-state index in [1.807, 2.05) is 19.1 Å². The van der Waals surface area contributed by atoms with Crippen LogP contribution in [0.4, 0.5) is 4.39 Å². The van der Waals surface area contributed by atoms with Crippen molar-refractivity contribution in [2.24, 2.45) is 0 Å². The van der Waals surface area contributed by atoms with Crippen molar-refractivity contribution >= 4 is 15.9 Å². The molecule has 8 heteroatoms. The number of rotatable bonds is 9. The van der Waals surface area contributed by atoms with Crippen LogP contribution in [0.1, 0.15) is 16.7 Å². The van der Waals surface area contributed by atoms with Gasteiger partial charge in [0.05, 0.1) is 11.4 Å². The number of sulfonamides is 1. The molecule has 0 radical (unpaired) electrons. The highest BCUT2D eigenvalue weighted by Gasteiger charge is 2.22. The van der Waals surface area contributed by atoms with E-state index in [0.29, 0.717) is 12.4 Å². The van der Waals surface area contributed by atoms with Crippen molar-refractivity contribution < 1.29 is 22.3 Å². The summed E-state index contributed by atoms with van der Waals surface area (Å²) in [4.78, 5) is 12.4. The normalized spacial score (nSPS) is 11.4. The van der Waals surface area contributed by atoms with Crippen molar-refractivity contribution in [3.63, 3.8) is 0 Å². The SMILES string of the molecule is Cc1ccc(S(=O)(=O)N(C)CC(=O)NCc2ccc(OCc3ccc(F)cc3)cc2)cc1. The molecule has 0 bridgehead atoms. The molecule has 0 aromatic heterocycles. The summed E-state index contributed by atoms with van der Waals surface area (Å²) in [6.45, 7) is 2.17. The number of hydrogen-bond acceptors (Lipinski definition) is 4. The highest BCUT2D eigenvalue weighted by atomic mass is 32.2. The third-order valence-electron chi connectivity index (χ3n) is 4.83. The molecule has 0 saturated carbocycles. The summed E-state index contributed by atoms with van der Waals surface area (Å²) in [5.74, 6) is -0.0489. The van der Waals surface area contributed by atoms with Crippen molar-refractivity contribution in [1.82, 2.24) is 9.62 Å². The number of aryl methyl sites for hydroxylation is 1. The van der Waals surface area contributed by atoms with Crippen LogP contribution in [-0.2, 0) is 28.0 Å². The lowest BCUT2D eigenvalue weighted by Gasteiger charge is -2.17. The monoisotopic (exact) mass is 456 g/mol. The summed E-state index contributed by atoms with van der Waals surface area (Å²) in [6.07, 6.45) is 0. The van der Waals surface area contributed by atoms with Crippen molar-refractivity contribution in [3.05, 3.63) is 95.3 Å². The predicted molar refractivity (Wildman–Crippen MR) is 120 cm³/mol. The average Bonchev–Trinajstić information content (AvgIpc) is 2.78. The minimum atomic E-state index is -3.74. The number of amides is 1. The summed E-state index contributed by atoms with van der Waals surface area (Å²) in [7, 11) is -2.36. The fraction of sp³-hybridized carbons (Fsp3) is 0.208. The Morgan fingerprint density at radius 1 is 0.938 bits per heavy atom. The molecule has 3 rings (SSSR count). The molecule has 1 N–H and O–H groups in total. The van der Waals surface area contributed by atoms with Gasteiger partial charge in [0.25, 0.3) is 0 Å². The van der Waals surface area contributed by atoms with E-state index in [-0.39, 0.29) is 23.8 Å². The maximum atomic E-state index is 12.9. The first-order valence-corrected chi connectivity index (χ1v) is 11.4. The van der Waals surface area contributed by atoms with Gasteiger partial charge in [-0.3, -0.25) is 4.79 Å². The molecule has 0 spiro atoms. The standard InChI is InChI=1S/C24H25FN2O4S/c1-18-3-13-23(14-4-18)32(29,30)27(2)16-24(28)26-15-19-7-11-22(12-8-19)31-17-20-5-9-21(25)10-6-20/h3-14H,15-17H2,1-2H3,(H,26,28). The van der Waals surface area contributed by atoms with E-state index in [9.17, 15) is 17.6 Å².